The fraction of sp³-hybridized carbons (Fsp3) is 0.647. The van der Waals surface area contributed by atoms with E-state index in [9.17, 15) is 28.8 Å². The zero-order valence-electron chi connectivity index (χ0n) is 17.0. The second-order valence-corrected chi connectivity index (χ2v) is 7.21. The Labute approximate surface area is 172 Å². The lowest BCUT2D eigenvalue weighted by atomic mass is 10.0. The molecule has 13 heteroatoms. The van der Waals surface area contributed by atoms with Crippen molar-refractivity contribution in [2.45, 2.75) is 64.2 Å². The molecule has 4 amide bonds. The average Bonchev–Trinajstić information content (AvgIpc) is 2.58. The Hall–Kier alpha value is -3.22. The molecule has 9 N–H and O–H groups in total. The fourth-order valence-electron chi connectivity index (χ4n) is 2.34. The normalized spacial score (nSPS) is 14.7. The Morgan fingerprint density at radius 2 is 1.23 bits per heavy atom. The van der Waals surface area contributed by atoms with Crippen molar-refractivity contribution in [2.75, 3.05) is 0 Å². The van der Waals surface area contributed by atoms with Crippen LogP contribution < -0.4 is 27.4 Å². The van der Waals surface area contributed by atoms with Crippen LogP contribution in [0.1, 0.15) is 40.0 Å². The van der Waals surface area contributed by atoms with E-state index in [1.165, 1.54) is 6.92 Å². The molecule has 30 heavy (non-hydrogen) atoms. The van der Waals surface area contributed by atoms with E-state index in [0.29, 0.717) is 0 Å². The second-order valence-electron chi connectivity index (χ2n) is 7.21. The van der Waals surface area contributed by atoms with E-state index < -0.39 is 72.6 Å². The van der Waals surface area contributed by atoms with Crippen molar-refractivity contribution in [3.05, 3.63) is 0 Å². The minimum Gasteiger partial charge on any atom is -0.481 e. The third kappa shape index (κ3) is 10.4. The van der Waals surface area contributed by atoms with Gasteiger partial charge in [0.25, 0.3) is 0 Å². The largest absolute Gasteiger partial charge is 0.481 e. The predicted octanol–water partition coefficient (Wildman–Crippen LogP) is -2.73. The van der Waals surface area contributed by atoms with Gasteiger partial charge < -0.3 is 37.6 Å². The van der Waals surface area contributed by atoms with Gasteiger partial charge >= 0.3 is 11.9 Å². The molecular formula is C17H29N5O8. The number of primary amides is 1. The average molecular weight is 431 g/mol. The van der Waals surface area contributed by atoms with Crippen molar-refractivity contribution in [2.24, 2.45) is 17.4 Å². The first-order chi connectivity index (χ1) is 13.7. The van der Waals surface area contributed by atoms with Crippen LogP contribution >= 0.6 is 0 Å². The summed E-state index contributed by atoms with van der Waals surface area (Å²) < 4.78 is 0. The van der Waals surface area contributed by atoms with Crippen LogP contribution in [0.3, 0.4) is 0 Å². The van der Waals surface area contributed by atoms with Gasteiger partial charge in [-0.25, -0.2) is 4.79 Å². The Morgan fingerprint density at radius 1 is 0.767 bits per heavy atom. The number of aliphatic carboxylic acids is 2. The molecule has 0 aliphatic carbocycles. The Balaban J connectivity index is 5.47. The number of carboxylic acid groups (broad SMARTS) is 2. The summed E-state index contributed by atoms with van der Waals surface area (Å²) in [6.45, 7) is 4.83. The first-order valence-electron chi connectivity index (χ1n) is 9.14. The molecule has 0 aliphatic heterocycles. The SMILES string of the molecule is CC(C)CC(NC(=O)C(CC(N)=O)NC(=O)C(C)N)C(=O)NC(CC(=O)O)C(=O)O. The van der Waals surface area contributed by atoms with Gasteiger partial charge in [-0.2, -0.15) is 0 Å². The minimum atomic E-state index is -1.71. The van der Waals surface area contributed by atoms with Crippen LogP contribution in [0.4, 0.5) is 0 Å². The zero-order chi connectivity index (χ0) is 23.6. The van der Waals surface area contributed by atoms with Gasteiger partial charge in [-0.3, -0.25) is 24.0 Å². The van der Waals surface area contributed by atoms with Gasteiger partial charge in [0.15, 0.2) is 0 Å². The van der Waals surface area contributed by atoms with Crippen molar-refractivity contribution in [3.63, 3.8) is 0 Å². The summed E-state index contributed by atoms with van der Waals surface area (Å²) in [6.07, 6.45) is -1.35. The summed E-state index contributed by atoms with van der Waals surface area (Å²) in [4.78, 5) is 70.1. The van der Waals surface area contributed by atoms with Gasteiger partial charge in [0.2, 0.25) is 23.6 Å². The molecule has 0 aromatic rings. The molecule has 170 valence electrons. The van der Waals surface area contributed by atoms with Crippen LogP contribution in [-0.4, -0.2) is 69.9 Å². The summed E-state index contributed by atoms with van der Waals surface area (Å²) in [5.41, 5.74) is 10.5. The van der Waals surface area contributed by atoms with Gasteiger partial charge in [0.1, 0.15) is 18.1 Å². The molecule has 0 aromatic heterocycles. The van der Waals surface area contributed by atoms with Crippen LogP contribution in [0.2, 0.25) is 0 Å². The molecule has 13 nitrogen and oxygen atoms in total. The van der Waals surface area contributed by atoms with Crippen molar-refractivity contribution >= 4 is 35.6 Å². The number of carboxylic acids is 2. The maximum Gasteiger partial charge on any atom is 0.326 e. The summed E-state index contributed by atoms with van der Waals surface area (Å²) >= 11 is 0. The van der Waals surface area contributed by atoms with Crippen LogP contribution in [0, 0.1) is 5.92 Å². The third-order valence-electron chi connectivity index (χ3n) is 3.79. The van der Waals surface area contributed by atoms with E-state index in [-0.39, 0.29) is 12.3 Å². The summed E-state index contributed by atoms with van der Waals surface area (Å²) in [5.74, 6) is -6.58. The van der Waals surface area contributed by atoms with Crippen LogP contribution in [0.5, 0.6) is 0 Å². The van der Waals surface area contributed by atoms with E-state index in [1.807, 2.05) is 0 Å². The van der Waals surface area contributed by atoms with Crippen molar-refractivity contribution in [3.8, 4) is 0 Å². The Morgan fingerprint density at radius 3 is 1.63 bits per heavy atom. The lowest BCUT2D eigenvalue weighted by Gasteiger charge is -2.25. The third-order valence-corrected chi connectivity index (χ3v) is 3.79. The molecule has 0 saturated carbocycles. The lowest BCUT2D eigenvalue weighted by molar-refractivity contribution is -0.147. The number of carbonyl (C=O) groups is 6. The van der Waals surface area contributed by atoms with E-state index in [4.69, 9.17) is 21.7 Å². The zero-order valence-corrected chi connectivity index (χ0v) is 17.0. The number of nitrogens with one attached hydrogen (secondary N) is 3. The second kappa shape index (κ2) is 12.4. The van der Waals surface area contributed by atoms with E-state index in [1.54, 1.807) is 13.8 Å². The quantitative estimate of drug-likeness (QED) is 0.160. The number of rotatable bonds is 13. The van der Waals surface area contributed by atoms with Gasteiger partial charge in [0, 0.05) is 0 Å². The van der Waals surface area contributed by atoms with E-state index in [2.05, 4.69) is 16.0 Å². The minimum absolute atomic E-state index is 0.0709. The predicted molar refractivity (Wildman–Crippen MR) is 103 cm³/mol. The maximum absolute atomic E-state index is 12.6. The number of amides is 4. The Kier molecular flexibility index (Phi) is 11.0. The molecule has 0 bridgehead atoms. The molecule has 0 radical (unpaired) electrons. The highest BCUT2D eigenvalue weighted by atomic mass is 16.4. The lowest BCUT2D eigenvalue weighted by Crippen LogP contribution is -2.57. The van der Waals surface area contributed by atoms with E-state index >= 15 is 0 Å². The van der Waals surface area contributed by atoms with Gasteiger partial charge in [0.05, 0.1) is 18.9 Å². The molecular weight excluding hydrogens is 402 g/mol. The number of nitrogens with two attached hydrogens (primary N) is 2. The first kappa shape index (κ1) is 26.8. The molecule has 0 aromatic carbocycles. The highest BCUT2D eigenvalue weighted by Crippen LogP contribution is 2.07. The highest BCUT2D eigenvalue weighted by molar-refractivity contribution is 5.96. The number of hydrogen-bond acceptors (Lipinski definition) is 7. The first-order valence-corrected chi connectivity index (χ1v) is 9.14. The molecule has 0 rings (SSSR count). The van der Waals surface area contributed by atoms with Gasteiger partial charge in [-0.05, 0) is 19.3 Å². The summed E-state index contributed by atoms with van der Waals surface area (Å²) in [5, 5.41) is 24.5. The van der Waals surface area contributed by atoms with E-state index in [0.717, 1.165) is 0 Å². The van der Waals surface area contributed by atoms with Crippen molar-refractivity contribution in [1.82, 2.24) is 16.0 Å². The molecule has 0 heterocycles. The van der Waals surface area contributed by atoms with Crippen molar-refractivity contribution in [1.29, 1.82) is 0 Å². The molecule has 0 fully saturated rings. The molecule has 0 saturated heterocycles. The molecule has 0 aliphatic rings. The van der Waals surface area contributed by atoms with Crippen LogP contribution in [0.15, 0.2) is 0 Å². The smallest absolute Gasteiger partial charge is 0.326 e. The highest BCUT2D eigenvalue weighted by Gasteiger charge is 2.31. The number of carbonyl (C=O) groups excluding carboxylic acids is 4. The monoisotopic (exact) mass is 431 g/mol. The maximum atomic E-state index is 12.6. The topological polar surface area (TPSA) is 231 Å². The standard InChI is InChI=1S/C17H29N5O8/c1-7(2)4-9(15(27)22-11(17(29)30)6-13(24)25)21-16(28)10(5-12(19)23)20-14(26)8(3)18/h7-11H,4-6,18H2,1-3H3,(H2,19,23)(H,20,26)(H,21,28)(H,22,27)(H,24,25)(H,29,30). The number of hydrogen-bond donors (Lipinski definition) is 7. The van der Waals surface area contributed by atoms with Crippen molar-refractivity contribution < 1.29 is 39.0 Å². The Bertz CT molecular complexity index is 679. The summed E-state index contributed by atoms with van der Waals surface area (Å²) in [7, 11) is 0. The van der Waals surface area contributed by atoms with Crippen LogP contribution in [-0.2, 0) is 28.8 Å². The van der Waals surface area contributed by atoms with Gasteiger partial charge in [-0.1, -0.05) is 13.8 Å². The molecule has 0 spiro atoms. The van der Waals surface area contributed by atoms with Crippen LogP contribution in [0.25, 0.3) is 0 Å². The fourth-order valence-corrected chi connectivity index (χ4v) is 2.34. The molecule has 4 unspecified atom stereocenters. The molecule has 4 atom stereocenters. The summed E-state index contributed by atoms with van der Waals surface area (Å²) in [6, 6.07) is -5.34. The van der Waals surface area contributed by atoms with Gasteiger partial charge in [-0.15, -0.1) is 0 Å².